The van der Waals surface area contributed by atoms with Crippen molar-refractivity contribution in [3.8, 4) is 57.0 Å². The van der Waals surface area contributed by atoms with Gasteiger partial charge in [-0.25, -0.2) is 4.98 Å². The molecule has 0 aliphatic heterocycles. The number of aliphatic hydroxyl groups excluding tert-OH is 2. The molecule has 0 radical (unpaired) electrons. The highest BCUT2D eigenvalue weighted by Crippen LogP contribution is 2.34. The van der Waals surface area contributed by atoms with Crippen molar-refractivity contribution in [2.45, 2.75) is 12.2 Å². The van der Waals surface area contributed by atoms with E-state index in [1.54, 1.807) is 71.2 Å². The molecule has 1 heterocycles. The van der Waals surface area contributed by atoms with Crippen molar-refractivity contribution < 1.29 is 38.6 Å². The van der Waals surface area contributed by atoms with Gasteiger partial charge < -0.3 is 43.2 Å². The maximum Gasteiger partial charge on any atom is 0.161 e. The zero-order chi connectivity index (χ0) is 32.6. The lowest BCUT2D eigenvalue weighted by atomic mass is 10.0. The van der Waals surface area contributed by atoms with Gasteiger partial charge in [0.05, 0.1) is 46.2 Å². The Morgan fingerprint density at radius 2 is 1.02 bits per heavy atom. The zero-order valence-electron chi connectivity index (χ0n) is 26.5. The number of aliphatic hydroxyl groups is 2. The summed E-state index contributed by atoms with van der Waals surface area (Å²) in [5, 5.41) is 21.3. The highest BCUT2D eigenvalue weighted by atomic mass is 16.5. The third-order valence-electron chi connectivity index (χ3n) is 7.59. The van der Waals surface area contributed by atoms with Crippen molar-refractivity contribution in [2.24, 2.45) is 7.05 Å². The summed E-state index contributed by atoms with van der Waals surface area (Å²) in [6, 6.07) is 25.8. The fraction of sp³-hybridized carbons (Fsp3) is 0.250. The maximum atomic E-state index is 10.7. The number of hydrogen-bond donors (Lipinski definition) is 2. The van der Waals surface area contributed by atoms with E-state index < -0.39 is 12.2 Å². The van der Waals surface area contributed by atoms with E-state index >= 15 is 0 Å². The smallest absolute Gasteiger partial charge is 0.161 e. The van der Waals surface area contributed by atoms with Gasteiger partial charge in [-0.2, -0.15) is 0 Å². The van der Waals surface area contributed by atoms with Gasteiger partial charge in [0, 0.05) is 18.2 Å². The molecule has 5 rings (SSSR count). The van der Waals surface area contributed by atoms with Crippen molar-refractivity contribution in [1.82, 2.24) is 9.55 Å². The SMILES string of the molecule is COc1ccc(C(O)COc2ccc(-c3ncn(C)c3-c3ccc(OCC(O)c4ccc(OC)c(OC)c4)cc3)cc2)cc1OC. The molecular formula is C36H38N2O8. The molecular weight excluding hydrogens is 588 g/mol. The minimum atomic E-state index is -0.844. The molecule has 0 saturated heterocycles. The Hall–Kier alpha value is -5.19. The molecule has 5 aromatic rings. The summed E-state index contributed by atoms with van der Waals surface area (Å²) < 4.78 is 34.9. The van der Waals surface area contributed by atoms with Gasteiger partial charge in [0.1, 0.15) is 36.9 Å². The number of ether oxygens (including phenoxy) is 6. The Balaban J connectivity index is 1.22. The normalized spacial score (nSPS) is 12.2. The molecule has 46 heavy (non-hydrogen) atoms. The second-order valence-electron chi connectivity index (χ2n) is 10.5. The zero-order valence-corrected chi connectivity index (χ0v) is 26.5. The van der Waals surface area contributed by atoms with Gasteiger partial charge in [0.15, 0.2) is 23.0 Å². The summed E-state index contributed by atoms with van der Waals surface area (Å²) in [7, 11) is 8.19. The minimum absolute atomic E-state index is 0.0728. The number of benzene rings is 4. The Labute approximate surface area is 268 Å². The molecule has 1 aromatic heterocycles. The molecule has 2 unspecified atom stereocenters. The number of rotatable bonds is 14. The van der Waals surface area contributed by atoms with E-state index in [0.717, 1.165) is 22.5 Å². The van der Waals surface area contributed by atoms with Crippen LogP contribution < -0.4 is 28.4 Å². The van der Waals surface area contributed by atoms with Crippen LogP contribution in [0.1, 0.15) is 23.3 Å². The summed E-state index contributed by atoms with van der Waals surface area (Å²) in [5.41, 5.74) is 4.96. The number of aromatic nitrogens is 2. The fourth-order valence-electron chi connectivity index (χ4n) is 5.06. The van der Waals surface area contributed by atoms with Crippen molar-refractivity contribution in [3.63, 3.8) is 0 Å². The molecule has 0 aliphatic carbocycles. The number of imidazole rings is 1. The Morgan fingerprint density at radius 3 is 1.46 bits per heavy atom. The highest BCUT2D eigenvalue weighted by Gasteiger charge is 2.17. The average Bonchev–Trinajstić information content (AvgIpc) is 3.50. The van der Waals surface area contributed by atoms with Crippen LogP contribution >= 0.6 is 0 Å². The van der Waals surface area contributed by atoms with E-state index in [4.69, 9.17) is 28.4 Å². The second kappa shape index (κ2) is 14.7. The van der Waals surface area contributed by atoms with Crippen LogP contribution in [0.4, 0.5) is 0 Å². The van der Waals surface area contributed by atoms with Crippen LogP contribution in [0.2, 0.25) is 0 Å². The van der Waals surface area contributed by atoms with Gasteiger partial charge in [-0.3, -0.25) is 0 Å². The van der Waals surface area contributed by atoms with Crippen molar-refractivity contribution in [2.75, 3.05) is 41.7 Å². The van der Waals surface area contributed by atoms with Crippen LogP contribution in [0.25, 0.3) is 22.5 Å². The molecule has 0 spiro atoms. The summed E-state index contributed by atoms with van der Waals surface area (Å²) in [4.78, 5) is 4.65. The maximum absolute atomic E-state index is 10.7. The highest BCUT2D eigenvalue weighted by molar-refractivity contribution is 5.79. The third kappa shape index (κ3) is 7.20. The molecule has 2 N–H and O–H groups in total. The van der Waals surface area contributed by atoms with Gasteiger partial charge in [-0.05, 0) is 83.9 Å². The van der Waals surface area contributed by atoms with E-state index in [2.05, 4.69) is 4.98 Å². The minimum Gasteiger partial charge on any atom is -0.493 e. The molecule has 10 heteroatoms. The molecule has 4 aromatic carbocycles. The lowest BCUT2D eigenvalue weighted by molar-refractivity contribution is 0.108. The molecule has 0 amide bonds. The number of nitrogens with zero attached hydrogens (tertiary/aromatic N) is 2. The number of hydrogen-bond acceptors (Lipinski definition) is 9. The van der Waals surface area contributed by atoms with Crippen LogP contribution in [0, 0.1) is 0 Å². The van der Waals surface area contributed by atoms with Crippen molar-refractivity contribution in [1.29, 1.82) is 0 Å². The van der Waals surface area contributed by atoms with Crippen molar-refractivity contribution >= 4 is 0 Å². The summed E-state index contributed by atoms with van der Waals surface area (Å²) in [6.45, 7) is 0.148. The summed E-state index contributed by atoms with van der Waals surface area (Å²) in [6.07, 6.45) is 0.0886. The van der Waals surface area contributed by atoms with Crippen LogP contribution in [0.3, 0.4) is 0 Å². The predicted octanol–water partition coefficient (Wildman–Crippen LogP) is 6.01. The van der Waals surface area contributed by atoms with E-state index in [1.807, 2.05) is 60.1 Å². The van der Waals surface area contributed by atoms with E-state index in [9.17, 15) is 10.2 Å². The summed E-state index contributed by atoms with van der Waals surface area (Å²) >= 11 is 0. The van der Waals surface area contributed by atoms with Crippen molar-refractivity contribution in [3.05, 3.63) is 102 Å². The van der Waals surface area contributed by atoms with Crippen LogP contribution in [0.15, 0.2) is 91.3 Å². The van der Waals surface area contributed by atoms with Gasteiger partial charge in [0.25, 0.3) is 0 Å². The van der Waals surface area contributed by atoms with Gasteiger partial charge in [0.2, 0.25) is 0 Å². The first-order valence-corrected chi connectivity index (χ1v) is 14.6. The lowest BCUT2D eigenvalue weighted by Crippen LogP contribution is -2.10. The number of aryl methyl sites for hydroxylation is 1. The Bertz CT molecular complexity index is 1730. The monoisotopic (exact) mass is 626 g/mol. The molecule has 0 bridgehead atoms. The Morgan fingerprint density at radius 1 is 0.587 bits per heavy atom. The first-order valence-electron chi connectivity index (χ1n) is 14.6. The summed E-state index contributed by atoms with van der Waals surface area (Å²) in [5.74, 6) is 3.52. The molecule has 240 valence electrons. The fourth-order valence-corrected chi connectivity index (χ4v) is 5.06. The number of methoxy groups -OCH3 is 4. The van der Waals surface area contributed by atoms with E-state index in [1.165, 1.54) is 0 Å². The molecule has 10 nitrogen and oxygen atoms in total. The lowest BCUT2D eigenvalue weighted by Gasteiger charge is -2.16. The first-order chi connectivity index (χ1) is 22.3. The second-order valence-corrected chi connectivity index (χ2v) is 10.5. The predicted molar refractivity (Wildman–Crippen MR) is 174 cm³/mol. The van der Waals surface area contributed by atoms with E-state index in [0.29, 0.717) is 45.6 Å². The van der Waals surface area contributed by atoms with Crippen LogP contribution in [-0.2, 0) is 7.05 Å². The quantitative estimate of drug-likeness (QED) is 0.153. The topological polar surface area (TPSA) is 114 Å². The average molecular weight is 627 g/mol. The van der Waals surface area contributed by atoms with E-state index in [-0.39, 0.29) is 13.2 Å². The van der Waals surface area contributed by atoms with Gasteiger partial charge in [-0.15, -0.1) is 0 Å². The molecule has 2 atom stereocenters. The van der Waals surface area contributed by atoms with Gasteiger partial charge in [-0.1, -0.05) is 12.1 Å². The Kier molecular flexibility index (Phi) is 10.3. The first kappa shape index (κ1) is 32.2. The van der Waals surface area contributed by atoms with Crippen LogP contribution in [0.5, 0.6) is 34.5 Å². The standard InChI is InChI=1S/C36H38N2O8/c1-38-22-37-35(23-6-12-27(13-7-23)45-20-29(39)25-10-16-31(41-2)33(18-25)43-4)36(38)24-8-14-28(15-9-24)46-21-30(40)26-11-17-32(42-3)34(19-26)44-5/h6-19,22,29-30,39-40H,20-21H2,1-5H3. The van der Waals surface area contributed by atoms with Gasteiger partial charge >= 0.3 is 0 Å². The van der Waals surface area contributed by atoms with Crippen LogP contribution in [-0.4, -0.2) is 61.4 Å². The molecule has 0 aliphatic rings. The largest absolute Gasteiger partial charge is 0.493 e. The molecule has 0 fully saturated rings. The third-order valence-corrected chi connectivity index (χ3v) is 7.59. The molecule has 0 saturated carbocycles.